The highest BCUT2D eigenvalue weighted by molar-refractivity contribution is 5.89. The summed E-state index contributed by atoms with van der Waals surface area (Å²) < 4.78 is 4.57. The van der Waals surface area contributed by atoms with Crippen LogP contribution in [0.2, 0.25) is 0 Å². The number of ether oxygens (including phenoxy) is 1. The highest BCUT2D eigenvalue weighted by Gasteiger charge is 2.27. The van der Waals surface area contributed by atoms with Crippen LogP contribution in [0, 0.1) is 5.92 Å². The van der Waals surface area contributed by atoms with Crippen LogP contribution in [-0.4, -0.2) is 49.0 Å². The van der Waals surface area contributed by atoms with Crippen LogP contribution in [0.25, 0.3) is 0 Å². The van der Waals surface area contributed by atoms with Crippen molar-refractivity contribution in [3.05, 3.63) is 0 Å². The molecule has 3 N–H and O–H groups in total. The Morgan fingerprint density at radius 3 is 2.30 bits per heavy atom. The van der Waals surface area contributed by atoms with E-state index < -0.39 is 18.0 Å². The van der Waals surface area contributed by atoms with Crippen molar-refractivity contribution >= 4 is 17.9 Å². The number of carbonyl (C=O) groups excluding carboxylic acids is 3. The van der Waals surface area contributed by atoms with E-state index in [1.54, 1.807) is 0 Å². The van der Waals surface area contributed by atoms with Gasteiger partial charge in [0.1, 0.15) is 12.6 Å². The molecule has 0 aromatic heterocycles. The lowest BCUT2D eigenvalue weighted by atomic mass is 10.0. The number of rotatable bonds is 8. The highest BCUT2D eigenvalue weighted by atomic mass is 16.5. The molecule has 0 radical (unpaired) electrons. The minimum absolute atomic E-state index is 0.127. The SMILES string of the molecule is CCCN(CC(=O)OC)C(=O)C(CC(C)C)NC(N)=O. The number of hydrogen-bond donors (Lipinski definition) is 2. The molecule has 7 nitrogen and oxygen atoms in total. The molecule has 0 rings (SSSR count). The predicted octanol–water partition coefficient (Wildman–Crippen LogP) is 0.481. The van der Waals surface area contributed by atoms with E-state index in [0.29, 0.717) is 19.4 Å². The molecule has 7 heteroatoms. The Morgan fingerprint density at radius 2 is 1.90 bits per heavy atom. The zero-order valence-electron chi connectivity index (χ0n) is 12.6. The van der Waals surface area contributed by atoms with Gasteiger partial charge < -0.3 is 20.7 Å². The average molecular weight is 287 g/mol. The van der Waals surface area contributed by atoms with Crippen LogP contribution in [0.3, 0.4) is 0 Å². The van der Waals surface area contributed by atoms with Crippen molar-refractivity contribution < 1.29 is 19.1 Å². The van der Waals surface area contributed by atoms with E-state index in [9.17, 15) is 14.4 Å². The van der Waals surface area contributed by atoms with E-state index in [1.807, 2.05) is 20.8 Å². The summed E-state index contributed by atoms with van der Waals surface area (Å²) in [5, 5.41) is 2.44. The monoisotopic (exact) mass is 287 g/mol. The van der Waals surface area contributed by atoms with Crippen LogP contribution in [0.5, 0.6) is 0 Å². The molecule has 0 aromatic rings. The minimum Gasteiger partial charge on any atom is -0.468 e. The molecule has 116 valence electrons. The first-order valence-electron chi connectivity index (χ1n) is 6.73. The third kappa shape index (κ3) is 6.96. The Labute approximate surface area is 119 Å². The van der Waals surface area contributed by atoms with Gasteiger partial charge in [-0.25, -0.2) is 4.79 Å². The molecule has 20 heavy (non-hydrogen) atoms. The number of nitrogens with one attached hydrogen (secondary N) is 1. The van der Waals surface area contributed by atoms with Gasteiger partial charge in [-0.1, -0.05) is 20.8 Å². The van der Waals surface area contributed by atoms with Crippen LogP contribution >= 0.6 is 0 Å². The summed E-state index contributed by atoms with van der Waals surface area (Å²) in [6.45, 7) is 6.07. The van der Waals surface area contributed by atoms with Crippen molar-refractivity contribution in [2.75, 3.05) is 20.2 Å². The van der Waals surface area contributed by atoms with Crippen molar-refractivity contribution in [1.29, 1.82) is 0 Å². The lowest BCUT2D eigenvalue weighted by molar-refractivity contribution is -0.147. The Morgan fingerprint density at radius 1 is 1.30 bits per heavy atom. The normalized spacial score (nSPS) is 11.8. The van der Waals surface area contributed by atoms with Crippen LogP contribution < -0.4 is 11.1 Å². The molecule has 0 spiro atoms. The number of nitrogens with zero attached hydrogens (tertiary/aromatic N) is 1. The lowest BCUT2D eigenvalue weighted by Gasteiger charge is -2.27. The Balaban J connectivity index is 4.92. The number of esters is 1. The number of carbonyl (C=O) groups is 3. The third-order valence-corrected chi connectivity index (χ3v) is 2.67. The predicted molar refractivity (Wildman–Crippen MR) is 74.8 cm³/mol. The fraction of sp³-hybridized carbons (Fsp3) is 0.769. The minimum atomic E-state index is -0.751. The summed E-state index contributed by atoms with van der Waals surface area (Å²) in [5.74, 6) is -0.601. The number of urea groups is 1. The molecule has 1 unspecified atom stereocenters. The largest absolute Gasteiger partial charge is 0.468 e. The Kier molecular flexibility index (Phi) is 8.35. The van der Waals surface area contributed by atoms with Gasteiger partial charge in [0.25, 0.3) is 0 Å². The maximum atomic E-state index is 12.4. The second-order valence-corrected chi connectivity index (χ2v) is 5.03. The van der Waals surface area contributed by atoms with Crippen molar-refractivity contribution in [3.63, 3.8) is 0 Å². The van der Waals surface area contributed by atoms with Crippen molar-refractivity contribution in [3.8, 4) is 0 Å². The number of hydrogen-bond acceptors (Lipinski definition) is 4. The van der Waals surface area contributed by atoms with Gasteiger partial charge in [-0.15, -0.1) is 0 Å². The molecule has 0 aliphatic heterocycles. The maximum absolute atomic E-state index is 12.4. The summed E-state index contributed by atoms with van der Waals surface area (Å²) >= 11 is 0. The molecule has 0 aliphatic carbocycles. The number of amides is 3. The lowest BCUT2D eigenvalue weighted by Crippen LogP contribution is -2.52. The maximum Gasteiger partial charge on any atom is 0.325 e. The number of methoxy groups -OCH3 is 1. The molecule has 0 bridgehead atoms. The standard InChI is InChI=1S/C13H25N3O4/c1-5-6-16(8-11(17)20-4)12(18)10(7-9(2)3)15-13(14)19/h9-10H,5-8H2,1-4H3,(H3,14,15,19). The van der Waals surface area contributed by atoms with E-state index in [2.05, 4.69) is 10.1 Å². The second kappa shape index (κ2) is 9.17. The first kappa shape index (κ1) is 18.2. The van der Waals surface area contributed by atoms with Gasteiger partial charge in [-0.2, -0.15) is 0 Å². The molecule has 1 atom stereocenters. The zero-order valence-corrected chi connectivity index (χ0v) is 12.6. The zero-order chi connectivity index (χ0) is 15.7. The molecule has 0 aromatic carbocycles. The molecular weight excluding hydrogens is 262 g/mol. The van der Waals surface area contributed by atoms with Gasteiger partial charge >= 0.3 is 12.0 Å². The fourth-order valence-corrected chi connectivity index (χ4v) is 1.84. The fourth-order valence-electron chi connectivity index (χ4n) is 1.84. The van der Waals surface area contributed by atoms with Crippen LogP contribution in [-0.2, 0) is 14.3 Å². The molecule has 0 heterocycles. The molecular formula is C13H25N3O4. The van der Waals surface area contributed by atoms with Crippen molar-refractivity contribution in [2.45, 2.75) is 39.7 Å². The molecule has 0 aliphatic rings. The first-order chi connectivity index (χ1) is 9.31. The second-order valence-electron chi connectivity index (χ2n) is 5.03. The summed E-state index contributed by atoms with van der Waals surface area (Å²) in [6, 6.07) is -1.47. The Hall–Kier alpha value is -1.79. The van der Waals surface area contributed by atoms with E-state index in [0.717, 1.165) is 0 Å². The Bertz CT molecular complexity index is 345. The van der Waals surface area contributed by atoms with Crippen molar-refractivity contribution in [1.82, 2.24) is 10.2 Å². The average Bonchev–Trinajstić information content (AvgIpc) is 2.35. The third-order valence-electron chi connectivity index (χ3n) is 2.67. The summed E-state index contributed by atoms with van der Waals surface area (Å²) in [5.41, 5.74) is 5.10. The van der Waals surface area contributed by atoms with Crippen molar-refractivity contribution in [2.24, 2.45) is 11.7 Å². The van der Waals surface area contributed by atoms with Crippen LogP contribution in [0.1, 0.15) is 33.6 Å². The van der Waals surface area contributed by atoms with Gasteiger partial charge in [0, 0.05) is 6.54 Å². The smallest absolute Gasteiger partial charge is 0.325 e. The summed E-state index contributed by atoms with van der Waals surface area (Å²) in [7, 11) is 1.27. The summed E-state index contributed by atoms with van der Waals surface area (Å²) in [4.78, 5) is 36.1. The molecule has 3 amide bonds. The van der Waals surface area contributed by atoms with Crippen LogP contribution in [0.4, 0.5) is 4.79 Å². The van der Waals surface area contributed by atoms with Gasteiger partial charge in [-0.05, 0) is 18.8 Å². The van der Waals surface area contributed by atoms with E-state index >= 15 is 0 Å². The van der Waals surface area contributed by atoms with E-state index in [-0.39, 0.29) is 18.4 Å². The van der Waals surface area contributed by atoms with Gasteiger partial charge in [0.15, 0.2) is 0 Å². The number of primary amides is 1. The summed E-state index contributed by atoms with van der Waals surface area (Å²) in [6.07, 6.45) is 1.16. The van der Waals surface area contributed by atoms with Gasteiger partial charge in [0.2, 0.25) is 5.91 Å². The van der Waals surface area contributed by atoms with Gasteiger partial charge in [-0.3, -0.25) is 9.59 Å². The van der Waals surface area contributed by atoms with Gasteiger partial charge in [0.05, 0.1) is 7.11 Å². The first-order valence-corrected chi connectivity index (χ1v) is 6.73. The molecule has 0 fully saturated rings. The molecule has 0 saturated carbocycles. The van der Waals surface area contributed by atoms with Crippen LogP contribution in [0.15, 0.2) is 0 Å². The van der Waals surface area contributed by atoms with E-state index in [4.69, 9.17) is 5.73 Å². The highest BCUT2D eigenvalue weighted by Crippen LogP contribution is 2.09. The quantitative estimate of drug-likeness (QED) is 0.634. The number of nitrogens with two attached hydrogens (primary N) is 1. The van der Waals surface area contributed by atoms with E-state index in [1.165, 1.54) is 12.0 Å². The topological polar surface area (TPSA) is 102 Å². The molecule has 0 saturated heterocycles.